The zero-order valence-electron chi connectivity index (χ0n) is 15.2. The second-order valence-corrected chi connectivity index (χ2v) is 6.42. The summed E-state index contributed by atoms with van der Waals surface area (Å²) in [5.74, 6) is -0.808. The van der Waals surface area contributed by atoms with Crippen LogP contribution in [0.5, 0.6) is 0 Å². The van der Waals surface area contributed by atoms with Crippen LogP contribution in [0.3, 0.4) is 0 Å². The van der Waals surface area contributed by atoms with Crippen molar-refractivity contribution in [1.82, 2.24) is 4.90 Å². The van der Waals surface area contributed by atoms with Crippen LogP contribution in [-0.4, -0.2) is 54.8 Å². The van der Waals surface area contributed by atoms with Crippen molar-refractivity contribution >= 4 is 17.3 Å². The van der Waals surface area contributed by atoms with Gasteiger partial charge in [-0.15, -0.1) is 0 Å². The molecule has 0 bridgehead atoms. The van der Waals surface area contributed by atoms with Crippen molar-refractivity contribution in [2.24, 2.45) is 0 Å². The van der Waals surface area contributed by atoms with Crippen LogP contribution in [0.15, 0.2) is 41.0 Å². The predicted octanol–water partition coefficient (Wildman–Crippen LogP) is 3.23. The number of carbonyl (C=O) groups is 1. The fraction of sp³-hybridized carbons (Fsp3) is 0.389. The number of ether oxygens (including phenoxy) is 1. The molecule has 1 aromatic carbocycles. The molecule has 11 heteroatoms. The average Bonchev–Trinajstić information content (AvgIpc) is 3.19. The average molecular weight is 413 g/mol. The molecule has 1 saturated heterocycles. The van der Waals surface area contributed by atoms with E-state index >= 15 is 0 Å². The highest BCUT2D eigenvalue weighted by Gasteiger charge is 2.34. The molecule has 1 amide bonds. The van der Waals surface area contributed by atoms with E-state index in [-0.39, 0.29) is 17.0 Å². The van der Waals surface area contributed by atoms with Crippen molar-refractivity contribution in [3.63, 3.8) is 0 Å². The quantitative estimate of drug-likeness (QED) is 0.534. The lowest BCUT2D eigenvalue weighted by molar-refractivity contribution is -0.384. The predicted molar refractivity (Wildman–Crippen MR) is 95.6 cm³/mol. The number of benzene rings is 1. The minimum atomic E-state index is -4.64. The maximum atomic E-state index is 13.0. The number of hydrogen-bond acceptors (Lipinski definition) is 6. The summed E-state index contributed by atoms with van der Waals surface area (Å²) in [7, 11) is 0. The lowest BCUT2D eigenvalue weighted by atomic mass is 10.1. The lowest BCUT2D eigenvalue weighted by Gasteiger charge is -2.28. The SMILES string of the molecule is O=C(c1ccc(N2CCOCC2)c([N+](=O)[O-])c1)N(Cc1ccco1)CC(F)(F)F. The Labute approximate surface area is 163 Å². The number of amides is 1. The van der Waals surface area contributed by atoms with Crippen molar-refractivity contribution < 1.29 is 32.0 Å². The molecule has 1 aliphatic heterocycles. The number of furan rings is 1. The number of nitrogens with zero attached hydrogens (tertiary/aromatic N) is 3. The third kappa shape index (κ3) is 5.25. The van der Waals surface area contributed by atoms with E-state index in [1.54, 1.807) is 4.90 Å². The molecule has 0 unspecified atom stereocenters. The van der Waals surface area contributed by atoms with Crippen molar-refractivity contribution in [3.8, 4) is 0 Å². The molecule has 2 aromatic rings. The van der Waals surface area contributed by atoms with Gasteiger partial charge in [0.05, 0.1) is 30.9 Å². The Hall–Kier alpha value is -3.08. The van der Waals surface area contributed by atoms with E-state index in [1.807, 2.05) is 0 Å². The Morgan fingerprint density at radius 3 is 2.55 bits per heavy atom. The lowest BCUT2D eigenvalue weighted by Crippen LogP contribution is -2.38. The molecule has 29 heavy (non-hydrogen) atoms. The van der Waals surface area contributed by atoms with Gasteiger partial charge in [0.15, 0.2) is 0 Å². The first-order valence-corrected chi connectivity index (χ1v) is 8.74. The van der Waals surface area contributed by atoms with Crippen LogP contribution in [0.25, 0.3) is 0 Å². The van der Waals surface area contributed by atoms with Gasteiger partial charge in [-0.1, -0.05) is 0 Å². The minimum absolute atomic E-state index is 0.169. The van der Waals surface area contributed by atoms with E-state index in [1.165, 1.54) is 30.5 Å². The maximum Gasteiger partial charge on any atom is 0.406 e. The molecule has 0 radical (unpaired) electrons. The summed E-state index contributed by atoms with van der Waals surface area (Å²) in [6, 6.07) is 6.63. The number of halogens is 3. The van der Waals surface area contributed by atoms with Crippen molar-refractivity contribution in [1.29, 1.82) is 0 Å². The van der Waals surface area contributed by atoms with Crippen molar-refractivity contribution in [3.05, 3.63) is 58.0 Å². The first-order chi connectivity index (χ1) is 13.7. The largest absolute Gasteiger partial charge is 0.467 e. The number of anilines is 1. The van der Waals surface area contributed by atoms with Gasteiger partial charge in [-0.05, 0) is 24.3 Å². The van der Waals surface area contributed by atoms with Gasteiger partial charge in [0.1, 0.15) is 18.0 Å². The summed E-state index contributed by atoms with van der Waals surface area (Å²) in [5.41, 5.74) is -0.254. The Kier molecular flexibility index (Phi) is 6.06. The Morgan fingerprint density at radius 1 is 1.24 bits per heavy atom. The molecule has 156 valence electrons. The van der Waals surface area contributed by atoms with Crippen LogP contribution in [0.4, 0.5) is 24.5 Å². The van der Waals surface area contributed by atoms with E-state index < -0.39 is 30.1 Å². The van der Waals surface area contributed by atoms with Crippen LogP contribution in [0, 0.1) is 10.1 Å². The smallest absolute Gasteiger partial charge is 0.406 e. The zero-order chi connectivity index (χ0) is 21.0. The highest BCUT2D eigenvalue weighted by atomic mass is 19.4. The first kappa shape index (κ1) is 20.6. The van der Waals surface area contributed by atoms with Crippen LogP contribution >= 0.6 is 0 Å². The number of nitro benzene ring substituents is 1. The second-order valence-electron chi connectivity index (χ2n) is 6.42. The number of carbonyl (C=O) groups excluding carboxylic acids is 1. The van der Waals surface area contributed by atoms with Gasteiger partial charge in [-0.25, -0.2) is 0 Å². The summed E-state index contributed by atoms with van der Waals surface area (Å²) in [4.78, 5) is 25.9. The molecule has 0 N–H and O–H groups in total. The van der Waals surface area contributed by atoms with Gasteiger partial charge in [0.2, 0.25) is 0 Å². The summed E-state index contributed by atoms with van der Waals surface area (Å²) in [5, 5.41) is 11.5. The van der Waals surface area contributed by atoms with Gasteiger partial charge in [0, 0.05) is 24.7 Å². The van der Waals surface area contributed by atoms with Crippen molar-refractivity contribution in [2.45, 2.75) is 12.7 Å². The number of morpholine rings is 1. The summed E-state index contributed by atoms with van der Waals surface area (Å²) in [6.45, 7) is -0.240. The fourth-order valence-corrected chi connectivity index (χ4v) is 3.06. The number of alkyl halides is 3. The van der Waals surface area contributed by atoms with Crippen LogP contribution < -0.4 is 4.90 Å². The van der Waals surface area contributed by atoms with Crippen LogP contribution in [0.2, 0.25) is 0 Å². The van der Waals surface area contributed by atoms with Gasteiger partial charge in [-0.3, -0.25) is 14.9 Å². The third-order valence-corrected chi connectivity index (χ3v) is 4.35. The fourth-order valence-electron chi connectivity index (χ4n) is 3.06. The van der Waals surface area contributed by atoms with Crippen LogP contribution in [0.1, 0.15) is 16.1 Å². The van der Waals surface area contributed by atoms with Crippen molar-refractivity contribution in [2.75, 3.05) is 37.7 Å². The zero-order valence-corrected chi connectivity index (χ0v) is 15.2. The van der Waals surface area contributed by atoms with Gasteiger partial charge in [0.25, 0.3) is 11.6 Å². The first-order valence-electron chi connectivity index (χ1n) is 8.74. The Morgan fingerprint density at radius 2 is 1.97 bits per heavy atom. The molecule has 1 aliphatic rings. The Balaban J connectivity index is 1.90. The molecular weight excluding hydrogens is 395 g/mol. The van der Waals surface area contributed by atoms with E-state index in [4.69, 9.17) is 9.15 Å². The molecule has 8 nitrogen and oxygen atoms in total. The number of nitro groups is 1. The van der Waals surface area contributed by atoms with Crippen LogP contribution in [-0.2, 0) is 11.3 Å². The number of hydrogen-bond donors (Lipinski definition) is 0. The summed E-state index contributed by atoms with van der Waals surface area (Å²) in [6.07, 6.45) is -3.35. The Bertz CT molecular complexity index is 864. The maximum absolute atomic E-state index is 13.0. The topological polar surface area (TPSA) is 89.1 Å². The molecule has 0 aliphatic carbocycles. The molecule has 0 spiro atoms. The van der Waals surface area contributed by atoms with E-state index in [0.717, 1.165) is 6.07 Å². The summed E-state index contributed by atoms with van der Waals surface area (Å²) >= 11 is 0. The summed E-state index contributed by atoms with van der Waals surface area (Å²) < 4.78 is 49.2. The highest BCUT2D eigenvalue weighted by molar-refractivity contribution is 5.95. The monoisotopic (exact) mass is 413 g/mol. The van der Waals surface area contributed by atoms with Gasteiger partial charge >= 0.3 is 6.18 Å². The molecule has 0 atom stereocenters. The van der Waals surface area contributed by atoms with E-state index in [0.29, 0.717) is 36.9 Å². The molecule has 2 heterocycles. The highest BCUT2D eigenvalue weighted by Crippen LogP contribution is 2.31. The molecular formula is C18H18F3N3O5. The van der Waals surface area contributed by atoms with Gasteiger partial charge < -0.3 is 19.0 Å². The molecule has 0 saturated carbocycles. The normalized spacial score (nSPS) is 14.7. The molecule has 1 fully saturated rings. The molecule has 1 aromatic heterocycles. The van der Waals surface area contributed by atoms with E-state index in [9.17, 15) is 28.1 Å². The molecule has 3 rings (SSSR count). The third-order valence-electron chi connectivity index (χ3n) is 4.35. The second kappa shape index (κ2) is 8.52. The minimum Gasteiger partial charge on any atom is -0.467 e. The number of rotatable bonds is 6. The van der Waals surface area contributed by atoms with E-state index in [2.05, 4.69) is 0 Å². The standard InChI is InChI=1S/C18H18F3N3O5/c19-18(20,21)12-23(11-14-2-1-7-29-14)17(25)13-3-4-15(16(10-13)24(26)27)22-5-8-28-9-6-22/h1-4,7,10H,5-6,8-9,11-12H2. The van der Waals surface area contributed by atoms with Gasteiger partial charge in [-0.2, -0.15) is 13.2 Å².